The summed E-state index contributed by atoms with van der Waals surface area (Å²) < 4.78 is 5.92. The number of ether oxygens (including phenoxy) is 1. The van der Waals surface area contributed by atoms with Crippen LogP contribution in [0.4, 0.5) is 0 Å². The van der Waals surface area contributed by atoms with Crippen LogP contribution >= 0.6 is 23.2 Å². The first-order chi connectivity index (χ1) is 9.51. The lowest BCUT2D eigenvalue weighted by Crippen LogP contribution is -1.95. The first-order valence-electron chi connectivity index (χ1n) is 6.49. The minimum atomic E-state index is 0.345. The molecule has 2 aromatic rings. The Kier molecular flexibility index (Phi) is 4.90. The van der Waals surface area contributed by atoms with Crippen molar-refractivity contribution in [2.24, 2.45) is 0 Å². The van der Waals surface area contributed by atoms with Gasteiger partial charge in [-0.3, -0.25) is 4.98 Å². The normalized spacial score (nSPS) is 10.9. The van der Waals surface area contributed by atoms with Gasteiger partial charge in [0, 0.05) is 17.1 Å². The number of aryl methyl sites for hydroxylation is 1. The Balaban J connectivity index is 2.35. The first-order valence-corrected chi connectivity index (χ1v) is 7.40. The molecule has 2 nitrogen and oxygen atoms in total. The van der Waals surface area contributed by atoms with Crippen molar-refractivity contribution in [2.75, 3.05) is 0 Å². The molecule has 0 radical (unpaired) electrons. The fraction of sp³-hybridized carbons (Fsp3) is 0.312. The van der Waals surface area contributed by atoms with E-state index in [1.54, 1.807) is 12.4 Å². The zero-order chi connectivity index (χ0) is 14.7. The number of nitrogens with zero attached hydrogens (tertiary/aromatic N) is 1. The Morgan fingerprint density at radius 3 is 2.60 bits per heavy atom. The average Bonchev–Trinajstić information content (AvgIpc) is 2.41. The van der Waals surface area contributed by atoms with Gasteiger partial charge in [-0.15, -0.1) is 11.6 Å². The zero-order valence-corrected chi connectivity index (χ0v) is 13.3. The van der Waals surface area contributed by atoms with E-state index < -0.39 is 0 Å². The second kappa shape index (κ2) is 6.47. The molecule has 0 N–H and O–H groups in total. The smallest absolute Gasteiger partial charge is 0.146 e. The Morgan fingerprint density at radius 1 is 1.20 bits per heavy atom. The molecule has 1 aromatic carbocycles. The molecule has 106 valence electrons. The van der Waals surface area contributed by atoms with Crippen LogP contribution in [0.15, 0.2) is 30.6 Å². The van der Waals surface area contributed by atoms with Gasteiger partial charge in [-0.1, -0.05) is 25.4 Å². The summed E-state index contributed by atoms with van der Waals surface area (Å²) in [5, 5.41) is 0.775. The van der Waals surface area contributed by atoms with Gasteiger partial charge in [-0.25, -0.2) is 0 Å². The van der Waals surface area contributed by atoms with Crippen LogP contribution < -0.4 is 4.74 Å². The van der Waals surface area contributed by atoms with Crippen LogP contribution in [-0.4, -0.2) is 4.98 Å². The molecule has 0 aliphatic heterocycles. The highest BCUT2D eigenvalue weighted by Crippen LogP contribution is 2.33. The van der Waals surface area contributed by atoms with Crippen LogP contribution in [0, 0.1) is 6.92 Å². The Hall–Kier alpha value is -1.25. The first kappa shape index (κ1) is 15.1. The molecule has 0 unspecified atom stereocenters. The van der Waals surface area contributed by atoms with Gasteiger partial charge >= 0.3 is 0 Å². The molecule has 0 saturated carbocycles. The SMILES string of the molecule is Cc1cc(Cl)c(C(C)C)cc1Oc1cncc(CCl)c1. The predicted molar refractivity (Wildman–Crippen MR) is 84.1 cm³/mol. The second-order valence-electron chi connectivity index (χ2n) is 5.06. The van der Waals surface area contributed by atoms with E-state index in [-0.39, 0.29) is 0 Å². The maximum absolute atomic E-state index is 6.26. The molecular formula is C16H17Cl2NO. The third-order valence-corrected chi connectivity index (χ3v) is 3.70. The summed E-state index contributed by atoms with van der Waals surface area (Å²) in [5.74, 6) is 2.24. The van der Waals surface area contributed by atoms with Gasteiger partial charge in [0.15, 0.2) is 0 Å². The third kappa shape index (κ3) is 3.44. The molecule has 20 heavy (non-hydrogen) atoms. The fourth-order valence-corrected chi connectivity index (χ4v) is 2.52. The molecule has 0 atom stereocenters. The zero-order valence-electron chi connectivity index (χ0n) is 11.8. The van der Waals surface area contributed by atoms with Gasteiger partial charge in [-0.2, -0.15) is 0 Å². The van der Waals surface area contributed by atoms with Gasteiger partial charge in [0.1, 0.15) is 11.5 Å². The van der Waals surface area contributed by atoms with Gasteiger partial charge < -0.3 is 4.74 Å². The van der Waals surface area contributed by atoms with Crippen LogP contribution in [-0.2, 0) is 5.88 Å². The summed E-state index contributed by atoms with van der Waals surface area (Å²) in [4.78, 5) is 4.12. The number of pyridine rings is 1. The average molecular weight is 310 g/mol. The summed E-state index contributed by atoms with van der Waals surface area (Å²) in [6, 6.07) is 5.82. The maximum atomic E-state index is 6.26. The van der Waals surface area contributed by atoms with Crippen LogP contribution in [0.5, 0.6) is 11.5 Å². The molecule has 1 aromatic heterocycles. The lowest BCUT2D eigenvalue weighted by molar-refractivity contribution is 0.475. The highest BCUT2D eigenvalue weighted by molar-refractivity contribution is 6.31. The number of hydrogen-bond donors (Lipinski definition) is 0. The highest BCUT2D eigenvalue weighted by Gasteiger charge is 2.11. The van der Waals surface area contributed by atoms with Gasteiger partial charge in [0.05, 0.1) is 6.20 Å². The molecule has 0 aliphatic carbocycles. The van der Waals surface area contributed by atoms with E-state index in [0.29, 0.717) is 17.5 Å². The standard InChI is InChI=1S/C16H17Cl2NO/c1-10(2)14-6-16(11(3)4-15(14)18)20-13-5-12(7-17)8-19-9-13/h4-6,8-10H,7H2,1-3H3. The number of hydrogen-bond acceptors (Lipinski definition) is 2. The molecule has 0 bridgehead atoms. The summed E-state index contributed by atoms with van der Waals surface area (Å²) in [5.41, 5.74) is 3.00. The third-order valence-electron chi connectivity index (χ3n) is 3.07. The summed E-state index contributed by atoms with van der Waals surface area (Å²) in [6.07, 6.45) is 3.41. The summed E-state index contributed by atoms with van der Waals surface area (Å²) in [6.45, 7) is 6.19. The predicted octanol–water partition coefficient (Wildman–Crippen LogP) is 5.70. The monoisotopic (exact) mass is 309 g/mol. The van der Waals surface area contributed by atoms with E-state index in [9.17, 15) is 0 Å². The molecule has 0 spiro atoms. The van der Waals surface area contributed by atoms with Crippen molar-refractivity contribution in [3.63, 3.8) is 0 Å². The molecule has 2 rings (SSSR count). The van der Waals surface area contributed by atoms with Crippen LogP contribution in [0.2, 0.25) is 5.02 Å². The summed E-state index contributed by atoms with van der Waals surface area (Å²) >= 11 is 12.1. The van der Waals surface area contributed by atoms with Crippen molar-refractivity contribution in [1.82, 2.24) is 4.98 Å². The quantitative estimate of drug-likeness (QED) is 0.676. The topological polar surface area (TPSA) is 22.1 Å². The van der Waals surface area contributed by atoms with Crippen molar-refractivity contribution in [1.29, 1.82) is 0 Å². The van der Waals surface area contributed by atoms with Gasteiger partial charge in [0.2, 0.25) is 0 Å². The molecule has 0 fully saturated rings. The minimum Gasteiger partial charge on any atom is -0.455 e. The maximum Gasteiger partial charge on any atom is 0.146 e. The largest absolute Gasteiger partial charge is 0.455 e. The minimum absolute atomic E-state index is 0.345. The fourth-order valence-electron chi connectivity index (χ4n) is 1.94. The van der Waals surface area contributed by atoms with E-state index in [2.05, 4.69) is 18.8 Å². The Labute approximate surface area is 129 Å². The van der Waals surface area contributed by atoms with Crippen LogP contribution in [0.3, 0.4) is 0 Å². The number of benzene rings is 1. The molecule has 1 heterocycles. The number of rotatable bonds is 4. The highest BCUT2D eigenvalue weighted by atomic mass is 35.5. The van der Waals surface area contributed by atoms with E-state index in [1.165, 1.54) is 0 Å². The Morgan fingerprint density at radius 2 is 1.95 bits per heavy atom. The lowest BCUT2D eigenvalue weighted by atomic mass is 10.0. The van der Waals surface area contributed by atoms with Crippen molar-refractivity contribution < 1.29 is 4.74 Å². The molecule has 4 heteroatoms. The van der Waals surface area contributed by atoms with E-state index in [4.69, 9.17) is 27.9 Å². The summed E-state index contributed by atoms with van der Waals surface area (Å²) in [7, 11) is 0. The molecule has 0 saturated heterocycles. The van der Waals surface area contributed by atoms with E-state index >= 15 is 0 Å². The van der Waals surface area contributed by atoms with Crippen LogP contribution in [0.1, 0.15) is 36.5 Å². The Bertz CT molecular complexity index is 611. The van der Waals surface area contributed by atoms with Crippen LogP contribution in [0.25, 0.3) is 0 Å². The van der Waals surface area contributed by atoms with E-state index in [1.807, 2.05) is 25.1 Å². The molecular weight excluding hydrogens is 293 g/mol. The van der Waals surface area contributed by atoms with Crippen molar-refractivity contribution in [2.45, 2.75) is 32.6 Å². The van der Waals surface area contributed by atoms with Crippen molar-refractivity contribution in [3.8, 4) is 11.5 Å². The molecule has 0 amide bonds. The number of alkyl halides is 1. The number of halogens is 2. The van der Waals surface area contributed by atoms with E-state index in [0.717, 1.165) is 27.5 Å². The van der Waals surface area contributed by atoms with Gasteiger partial charge in [-0.05, 0) is 47.7 Å². The lowest BCUT2D eigenvalue weighted by Gasteiger charge is -2.14. The second-order valence-corrected chi connectivity index (χ2v) is 5.73. The van der Waals surface area contributed by atoms with Gasteiger partial charge in [0.25, 0.3) is 0 Å². The van der Waals surface area contributed by atoms with Crippen molar-refractivity contribution >= 4 is 23.2 Å². The van der Waals surface area contributed by atoms with Crippen molar-refractivity contribution in [3.05, 3.63) is 52.3 Å². The molecule has 0 aliphatic rings. The number of aromatic nitrogens is 1.